The van der Waals surface area contributed by atoms with Crippen LogP contribution in [0, 0.1) is 0 Å². The average Bonchev–Trinajstić information content (AvgIpc) is 3.09. The second-order valence-electron chi connectivity index (χ2n) is 14.6. The van der Waals surface area contributed by atoms with Crippen molar-refractivity contribution in [1.29, 1.82) is 0 Å². The summed E-state index contributed by atoms with van der Waals surface area (Å²) in [5.74, 6) is -0.218. The molecule has 0 radical (unpaired) electrons. The van der Waals surface area contributed by atoms with Gasteiger partial charge in [-0.25, -0.2) is 0 Å². The number of phosphoric ester groups is 1. The summed E-state index contributed by atoms with van der Waals surface area (Å²) in [7, 11) is 1.24. The number of hydrogen-bond donors (Lipinski definition) is 2. The number of hydrogen-bond acceptors (Lipinski definition) is 6. The van der Waals surface area contributed by atoms with E-state index in [0.29, 0.717) is 17.4 Å². The van der Waals surface area contributed by atoms with E-state index in [0.717, 1.165) is 64.2 Å². The Hall–Kier alpha value is -2.06. The molecule has 0 aliphatic carbocycles. The molecule has 0 aliphatic heterocycles. The predicted octanol–water partition coefficient (Wildman–Crippen LogP) is 10.2. The minimum absolute atomic E-state index is 0.00671. The third-order valence-electron chi connectivity index (χ3n) is 8.40. The zero-order chi connectivity index (χ0) is 38.6. The first kappa shape index (κ1) is 49.9. The van der Waals surface area contributed by atoms with Gasteiger partial charge in [0.25, 0.3) is 7.82 Å². The van der Waals surface area contributed by atoms with E-state index < -0.39 is 26.6 Å². The van der Waals surface area contributed by atoms with Crippen molar-refractivity contribution in [2.45, 2.75) is 154 Å². The molecular formula is C43H77N2O6P. The smallest absolute Gasteiger partial charge is 0.268 e. The maximum atomic E-state index is 12.6. The van der Waals surface area contributed by atoms with Crippen molar-refractivity contribution in [2.24, 2.45) is 0 Å². The molecule has 0 rings (SSSR count). The van der Waals surface area contributed by atoms with Crippen LogP contribution in [0.4, 0.5) is 0 Å². The fourth-order valence-corrected chi connectivity index (χ4v) is 5.91. The van der Waals surface area contributed by atoms with Crippen molar-refractivity contribution in [3.63, 3.8) is 0 Å². The molecule has 300 valence electrons. The first-order valence-electron chi connectivity index (χ1n) is 20.3. The highest BCUT2D eigenvalue weighted by molar-refractivity contribution is 7.45. The number of aliphatic hydroxyl groups excluding tert-OH is 1. The Labute approximate surface area is 319 Å². The summed E-state index contributed by atoms with van der Waals surface area (Å²) in [6.07, 6.45) is 46.1. The normalized spacial score (nSPS) is 15.3. The molecule has 8 nitrogen and oxygen atoms in total. The summed E-state index contributed by atoms with van der Waals surface area (Å²) >= 11 is 0. The number of quaternary nitrogens is 1. The van der Waals surface area contributed by atoms with Crippen LogP contribution in [0.25, 0.3) is 0 Å². The number of carbonyl (C=O) groups is 1. The molecule has 0 aliphatic rings. The highest BCUT2D eigenvalue weighted by Crippen LogP contribution is 2.38. The van der Waals surface area contributed by atoms with Gasteiger partial charge in [-0.3, -0.25) is 9.36 Å². The third kappa shape index (κ3) is 36.3. The Morgan fingerprint density at radius 1 is 0.692 bits per heavy atom. The molecule has 3 unspecified atom stereocenters. The molecule has 52 heavy (non-hydrogen) atoms. The van der Waals surface area contributed by atoms with E-state index in [2.05, 4.69) is 73.0 Å². The Kier molecular flexibility index (Phi) is 33.3. The largest absolute Gasteiger partial charge is 0.756 e. The summed E-state index contributed by atoms with van der Waals surface area (Å²) in [4.78, 5) is 24.9. The molecule has 0 saturated heterocycles. The van der Waals surface area contributed by atoms with Gasteiger partial charge in [-0.1, -0.05) is 151 Å². The standard InChI is InChI=1S/C43H77N2O6P/c1-6-8-10-11-12-13-14-15-16-17-18-19-20-21-22-23-24-25-26-27-28-29-30-31-32-33-35-37-43(47)44-41(42(46)36-34-9-7-2)40-51-52(48,49)50-39-38-45(3,4)5/h8,10,12-13,15-16,18-19,21-22,34,36,41-42,46H,6-7,9,11,14,17,20,23-33,35,37-40H2,1-5H3,(H-,44,47,48,49)/b10-8-,13-12-,16-15-,19-18-,22-21-,36-34+. The van der Waals surface area contributed by atoms with Crippen LogP contribution in [-0.2, 0) is 18.4 Å². The van der Waals surface area contributed by atoms with Crippen LogP contribution in [0.5, 0.6) is 0 Å². The number of nitrogens with zero attached hydrogens (tertiary/aromatic N) is 1. The maximum Gasteiger partial charge on any atom is 0.268 e. The number of rotatable bonds is 35. The van der Waals surface area contributed by atoms with Crippen molar-refractivity contribution >= 4 is 13.7 Å². The van der Waals surface area contributed by atoms with Gasteiger partial charge in [-0.15, -0.1) is 0 Å². The van der Waals surface area contributed by atoms with Crippen LogP contribution in [-0.4, -0.2) is 68.5 Å². The minimum Gasteiger partial charge on any atom is -0.756 e. The van der Waals surface area contributed by atoms with Crippen molar-refractivity contribution in [1.82, 2.24) is 5.32 Å². The molecule has 0 aromatic carbocycles. The highest BCUT2D eigenvalue weighted by atomic mass is 31.2. The first-order chi connectivity index (χ1) is 25.0. The Balaban J connectivity index is 3.95. The van der Waals surface area contributed by atoms with Crippen LogP contribution in [0.1, 0.15) is 142 Å². The van der Waals surface area contributed by atoms with E-state index in [4.69, 9.17) is 9.05 Å². The molecule has 0 saturated carbocycles. The van der Waals surface area contributed by atoms with Gasteiger partial charge in [0.05, 0.1) is 39.9 Å². The minimum atomic E-state index is -4.56. The molecule has 0 spiro atoms. The second kappa shape index (κ2) is 34.7. The van der Waals surface area contributed by atoms with Crippen LogP contribution in [0.2, 0.25) is 0 Å². The monoisotopic (exact) mass is 749 g/mol. The topological polar surface area (TPSA) is 108 Å². The second-order valence-corrected chi connectivity index (χ2v) is 16.0. The van der Waals surface area contributed by atoms with E-state index in [1.165, 1.54) is 57.8 Å². The predicted molar refractivity (Wildman–Crippen MR) is 219 cm³/mol. The van der Waals surface area contributed by atoms with Gasteiger partial charge in [0, 0.05) is 6.42 Å². The maximum absolute atomic E-state index is 12.6. The number of likely N-dealkylation sites (N-methyl/N-ethyl adjacent to an activating group) is 1. The molecule has 9 heteroatoms. The van der Waals surface area contributed by atoms with Gasteiger partial charge >= 0.3 is 0 Å². The third-order valence-corrected chi connectivity index (χ3v) is 9.37. The molecule has 0 heterocycles. The highest BCUT2D eigenvalue weighted by Gasteiger charge is 2.23. The molecule has 0 bridgehead atoms. The first-order valence-corrected chi connectivity index (χ1v) is 21.8. The van der Waals surface area contributed by atoms with Gasteiger partial charge in [0.1, 0.15) is 13.2 Å². The average molecular weight is 749 g/mol. The summed E-state index contributed by atoms with van der Waals surface area (Å²) in [5.41, 5.74) is 0. The van der Waals surface area contributed by atoms with Crippen LogP contribution in [0.15, 0.2) is 72.9 Å². The molecular weight excluding hydrogens is 671 g/mol. The Bertz CT molecular complexity index is 1080. The quantitative estimate of drug-likeness (QED) is 0.0289. The summed E-state index contributed by atoms with van der Waals surface area (Å²) in [5, 5.41) is 13.4. The fraction of sp³-hybridized carbons (Fsp3) is 0.698. The molecule has 0 aromatic heterocycles. The number of aliphatic hydroxyl groups is 1. The van der Waals surface area contributed by atoms with Gasteiger partial charge in [-0.2, -0.15) is 0 Å². The summed E-state index contributed by atoms with van der Waals surface area (Å²) < 4.78 is 22.8. The number of phosphoric acid groups is 1. The zero-order valence-electron chi connectivity index (χ0n) is 33.7. The van der Waals surface area contributed by atoms with E-state index in [9.17, 15) is 19.4 Å². The van der Waals surface area contributed by atoms with Crippen LogP contribution < -0.4 is 10.2 Å². The lowest BCUT2D eigenvalue weighted by Crippen LogP contribution is -2.45. The zero-order valence-corrected chi connectivity index (χ0v) is 34.6. The van der Waals surface area contributed by atoms with Crippen LogP contribution >= 0.6 is 7.82 Å². The van der Waals surface area contributed by atoms with Crippen molar-refractivity contribution < 1.29 is 32.9 Å². The lowest BCUT2D eigenvalue weighted by atomic mass is 10.0. The summed E-state index contributed by atoms with van der Waals surface area (Å²) in [6, 6.07) is -0.886. The van der Waals surface area contributed by atoms with Crippen LogP contribution in [0.3, 0.4) is 0 Å². The van der Waals surface area contributed by atoms with E-state index in [-0.39, 0.29) is 12.5 Å². The van der Waals surface area contributed by atoms with Gasteiger partial charge in [0.15, 0.2) is 0 Å². The summed E-state index contributed by atoms with van der Waals surface area (Å²) in [6.45, 7) is 4.28. The molecule has 0 fully saturated rings. The van der Waals surface area contributed by atoms with Crippen molar-refractivity contribution in [3.8, 4) is 0 Å². The SMILES string of the molecule is CC/C=C\C/C=C\C/C=C\C/C=C\C/C=C\CCCCCCCCCCCCCC(=O)NC(COP(=O)([O-])OCC[N+](C)(C)C)C(O)/C=C/CCC. The van der Waals surface area contributed by atoms with Gasteiger partial charge < -0.3 is 28.8 Å². The molecule has 1 amide bonds. The Morgan fingerprint density at radius 3 is 1.67 bits per heavy atom. The molecule has 0 aromatic rings. The number of amides is 1. The molecule has 3 atom stereocenters. The number of carbonyl (C=O) groups excluding carboxylic acids is 1. The van der Waals surface area contributed by atoms with Gasteiger partial charge in [-0.05, 0) is 57.8 Å². The number of nitrogens with one attached hydrogen (secondary N) is 1. The van der Waals surface area contributed by atoms with Gasteiger partial charge in [0.2, 0.25) is 5.91 Å². The number of allylic oxidation sites excluding steroid dienone is 11. The van der Waals surface area contributed by atoms with Crippen molar-refractivity contribution in [2.75, 3.05) is 40.9 Å². The lowest BCUT2D eigenvalue weighted by Gasteiger charge is -2.29. The van der Waals surface area contributed by atoms with Crippen molar-refractivity contribution in [3.05, 3.63) is 72.9 Å². The lowest BCUT2D eigenvalue weighted by molar-refractivity contribution is -0.870. The number of unbranched alkanes of at least 4 members (excludes halogenated alkanes) is 12. The van der Waals surface area contributed by atoms with E-state index in [1.807, 2.05) is 34.1 Å². The van der Waals surface area contributed by atoms with E-state index >= 15 is 0 Å². The Morgan fingerprint density at radius 2 is 1.17 bits per heavy atom. The fourth-order valence-electron chi connectivity index (χ4n) is 5.18. The van der Waals surface area contributed by atoms with E-state index in [1.54, 1.807) is 6.08 Å². The molecule has 2 N–H and O–H groups in total.